The lowest BCUT2D eigenvalue weighted by Gasteiger charge is -2.34. The van der Waals surface area contributed by atoms with Crippen LogP contribution in [0, 0.1) is 0 Å². The Kier molecular flexibility index (Phi) is 5.97. The maximum absolute atomic E-state index is 2.50. The molecule has 0 atom stereocenters. The molecule has 0 spiro atoms. The lowest BCUT2D eigenvalue weighted by Crippen LogP contribution is -2.28. The lowest BCUT2D eigenvalue weighted by atomic mass is 9.67. The molecule has 10 aromatic carbocycles. The number of hydrogen-bond donors (Lipinski definition) is 0. The van der Waals surface area contributed by atoms with Gasteiger partial charge in [0.05, 0.1) is 5.41 Å². The van der Waals surface area contributed by atoms with Crippen LogP contribution in [0.4, 0.5) is 0 Å². The van der Waals surface area contributed by atoms with Gasteiger partial charge in [0.2, 0.25) is 0 Å². The number of hydrogen-bond acceptors (Lipinski definition) is 0. The Morgan fingerprint density at radius 2 is 0.882 bits per heavy atom. The molecule has 0 saturated carbocycles. The van der Waals surface area contributed by atoms with Crippen molar-refractivity contribution in [3.63, 3.8) is 0 Å². The Bertz CT molecular complexity index is 2830. The molecule has 0 bridgehead atoms. The van der Waals surface area contributed by atoms with Crippen LogP contribution >= 0.6 is 0 Å². The molecule has 0 nitrogen and oxygen atoms in total. The Balaban J connectivity index is 1.23. The zero-order valence-electron chi connectivity index (χ0n) is 28.0. The minimum Gasteiger partial charge on any atom is -0.0622 e. The summed E-state index contributed by atoms with van der Waals surface area (Å²) >= 11 is 0. The van der Waals surface area contributed by atoms with Crippen LogP contribution in [0.25, 0.3) is 76.5 Å². The van der Waals surface area contributed by atoms with E-state index in [0.29, 0.717) is 0 Å². The van der Waals surface area contributed by atoms with Gasteiger partial charge in [0.1, 0.15) is 0 Å². The first-order valence-corrected chi connectivity index (χ1v) is 17.8. The van der Waals surface area contributed by atoms with Gasteiger partial charge in [0.25, 0.3) is 0 Å². The van der Waals surface area contributed by atoms with E-state index < -0.39 is 5.41 Å². The highest BCUT2D eigenvalue weighted by molar-refractivity contribution is 6.23. The summed E-state index contributed by atoms with van der Waals surface area (Å²) < 4.78 is 0. The summed E-state index contributed by atoms with van der Waals surface area (Å²) in [4.78, 5) is 0. The van der Waals surface area contributed by atoms with Crippen LogP contribution in [0.1, 0.15) is 22.3 Å². The van der Waals surface area contributed by atoms with Crippen LogP contribution in [-0.2, 0) is 5.41 Å². The molecule has 0 aliphatic heterocycles. The predicted molar refractivity (Wildman–Crippen MR) is 216 cm³/mol. The monoisotopic (exact) mass is 644 g/mol. The second-order valence-corrected chi connectivity index (χ2v) is 14.0. The van der Waals surface area contributed by atoms with E-state index in [-0.39, 0.29) is 0 Å². The van der Waals surface area contributed by atoms with E-state index in [2.05, 4.69) is 194 Å². The first-order valence-electron chi connectivity index (χ1n) is 17.8. The highest BCUT2D eigenvalue weighted by atomic mass is 14.5. The maximum atomic E-state index is 2.50. The Labute approximate surface area is 297 Å². The second kappa shape index (κ2) is 10.7. The van der Waals surface area contributed by atoms with Gasteiger partial charge in [-0.25, -0.2) is 0 Å². The number of fused-ring (bicyclic) bond motifs is 5. The molecule has 0 amide bonds. The van der Waals surface area contributed by atoms with E-state index in [9.17, 15) is 0 Å². The zero-order chi connectivity index (χ0) is 33.5. The number of rotatable bonds is 4. The first kappa shape index (κ1) is 28.3. The second-order valence-electron chi connectivity index (χ2n) is 14.0. The average Bonchev–Trinajstić information content (AvgIpc) is 3.51. The molecule has 0 radical (unpaired) electrons. The molecule has 0 aromatic heterocycles. The first-order chi connectivity index (χ1) is 25.3. The van der Waals surface area contributed by atoms with E-state index in [1.165, 1.54) is 98.7 Å². The largest absolute Gasteiger partial charge is 0.0714 e. The van der Waals surface area contributed by atoms with Gasteiger partial charge in [-0.05, 0) is 117 Å². The molecule has 51 heavy (non-hydrogen) atoms. The molecule has 10 aromatic rings. The molecule has 11 rings (SSSR count). The molecule has 236 valence electrons. The van der Waals surface area contributed by atoms with Crippen LogP contribution in [0.15, 0.2) is 194 Å². The summed E-state index contributed by atoms with van der Waals surface area (Å²) in [6.45, 7) is 0. The SMILES string of the molecule is c1ccc(-c2cccc3c4c(ccc23)C(c2ccccc2)(c2ccccc2)c2cc(-c3cc5ccc6cccc7ccc(c3)c5c67)ccc2-4)cc1. The van der Waals surface area contributed by atoms with Gasteiger partial charge in [-0.2, -0.15) is 0 Å². The molecular weight excluding hydrogens is 613 g/mol. The van der Waals surface area contributed by atoms with Crippen LogP contribution < -0.4 is 0 Å². The fourth-order valence-electron chi connectivity index (χ4n) is 9.31. The standard InChI is InChI=1S/C51H32/c1-4-12-33(13-5-1)42-20-11-21-44-43(42)28-29-46-50(44)45-27-26-36(32-47(45)51(46,40-16-6-2-7-17-40)41-18-8-3-9-19-41)39-30-37-24-22-34-14-10-15-35-23-25-38(31-39)49(37)48(34)35/h1-32H. The van der Waals surface area contributed by atoms with Crippen molar-refractivity contribution in [3.8, 4) is 33.4 Å². The third kappa shape index (κ3) is 3.96. The van der Waals surface area contributed by atoms with Crippen molar-refractivity contribution in [3.05, 3.63) is 216 Å². The van der Waals surface area contributed by atoms with Gasteiger partial charge in [-0.15, -0.1) is 0 Å². The van der Waals surface area contributed by atoms with Crippen molar-refractivity contribution in [1.82, 2.24) is 0 Å². The third-order valence-corrected chi connectivity index (χ3v) is 11.5. The summed E-state index contributed by atoms with van der Waals surface area (Å²) in [7, 11) is 0. The maximum Gasteiger partial charge on any atom is 0.0714 e. The van der Waals surface area contributed by atoms with Crippen molar-refractivity contribution >= 4 is 43.1 Å². The van der Waals surface area contributed by atoms with Crippen molar-refractivity contribution in [2.24, 2.45) is 0 Å². The summed E-state index contributed by atoms with van der Waals surface area (Å²) in [6.07, 6.45) is 0. The molecule has 0 saturated heterocycles. The fourth-order valence-corrected chi connectivity index (χ4v) is 9.31. The molecule has 0 N–H and O–H groups in total. The average molecular weight is 645 g/mol. The Hall–Kier alpha value is -6.50. The zero-order valence-corrected chi connectivity index (χ0v) is 28.0. The Morgan fingerprint density at radius 3 is 1.55 bits per heavy atom. The predicted octanol–water partition coefficient (Wildman–Crippen LogP) is 13.4. The van der Waals surface area contributed by atoms with Gasteiger partial charge >= 0.3 is 0 Å². The molecule has 1 aliphatic rings. The van der Waals surface area contributed by atoms with Crippen LogP contribution in [0.3, 0.4) is 0 Å². The van der Waals surface area contributed by atoms with Crippen molar-refractivity contribution in [1.29, 1.82) is 0 Å². The van der Waals surface area contributed by atoms with Crippen LogP contribution in [0.2, 0.25) is 0 Å². The van der Waals surface area contributed by atoms with Crippen molar-refractivity contribution in [2.75, 3.05) is 0 Å². The van der Waals surface area contributed by atoms with E-state index in [1.807, 2.05) is 0 Å². The number of benzene rings is 10. The summed E-state index contributed by atoms with van der Waals surface area (Å²) in [5, 5.41) is 10.4. The highest BCUT2D eigenvalue weighted by Gasteiger charge is 2.47. The van der Waals surface area contributed by atoms with Gasteiger partial charge < -0.3 is 0 Å². The smallest absolute Gasteiger partial charge is 0.0622 e. The van der Waals surface area contributed by atoms with E-state index in [1.54, 1.807) is 0 Å². The van der Waals surface area contributed by atoms with E-state index in [0.717, 1.165) is 0 Å². The van der Waals surface area contributed by atoms with Gasteiger partial charge in [0, 0.05) is 0 Å². The Morgan fingerprint density at radius 1 is 0.294 bits per heavy atom. The molecule has 0 unspecified atom stereocenters. The lowest BCUT2D eigenvalue weighted by molar-refractivity contribution is 0.769. The van der Waals surface area contributed by atoms with E-state index >= 15 is 0 Å². The van der Waals surface area contributed by atoms with Crippen LogP contribution in [0.5, 0.6) is 0 Å². The molecule has 0 fully saturated rings. The minimum atomic E-state index is -0.490. The van der Waals surface area contributed by atoms with Gasteiger partial charge in [0.15, 0.2) is 0 Å². The third-order valence-electron chi connectivity index (χ3n) is 11.5. The molecular formula is C51H32. The quantitative estimate of drug-likeness (QED) is 0.167. The van der Waals surface area contributed by atoms with Crippen molar-refractivity contribution < 1.29 is 0 Å². The van der Waals surface area contributed by atoms with Crippen LogP contribution in [-0.4, -0.2) is 0 Å². The fraction of sp³-hybridized carbons (Fsp3) is 0.0196. The minimum absolute atomic E-state index is 0.490. The van der Waals surface area contributed by atoms with E-state index in [4.69, 9.17) is 0 Å². The summed E-state index contributed by atoms with van der Waals surface area (Å²) in [5.41, 5.74) is 12.3. The van der Waals surface area contributed by atoms with Crippen molar-refractivity contribution in [2.45, 2.75) is 5.41 Å². The summed E-state index contributed by atoms with van der Waals surface area (Å²) in [5.74, 6) is 0. The topological polar surface area (TPSA) is 0 Å². The van der Waals surface area contributed by atoms with Gasteiger partial charge in [-0.3, -0.25) is 0 Å². The summed E-state index contributed by atoms with van der Waals surface area (Å²) in [6, 6.07) is 72.5. The van der Waals surface area contributed by atoms with Gasteiger partial charge in [-0.1, -0.05) is 176 Å². The highest BCUT2D eigenvalue weighted by Crippen LogP contribution is 2.59. The molecule has 0 heterocycles. The normalized spacial score (nSPS) is 13.3. The molecule has 0 heteroatoms. The molecule has 1 aliphatic carbocycles.